The maximum Gasteiger partial charge on any atom is 0.416 e. The van der Waals surface area contributed by atoms with Crippen LogP contribution in [0.1, 0.15) is 22.7 Å². The third-order valence-electron chi connectivity index (χ3n) is 3.01. The quantitative estimate of drug-likeness (QED) is 0.884. The molecule has 1 atom stereocenters. The van der Waals surface area contributed by atoms with Crippen LogP contribution in [0, 0.1) is 0 Å². The summed E-state index contributed by atoms with van der Waals surface area (Å²) in [6.07, 6.45) is -3.77. The second-order valence-electron chi connectivity index (χ2n) is 4.26. The molecule has 0 aliphatic heterocycles. The van der Waals surface area contributed by atoms with Crippen LogP contribution < -0.4 is 5.32 Å². The van der Waals surface area contributed by atoms with Gasteiger partial charge in [-0.3, -0.25) is 0 Å². The van der Waals surface area contributed by atoms with Gasteiger partial charge < -0.3 is 5.32 Å². The van der Waals surface area contributed by atoms with Crippen LogP contribution in [0.4, 0.5) is 13.2 Å². The Balaban J connectivity index is 2.33. The standard InChI is InChI=1S/C14H14F3NS/c1-18-13(8-10-6-7-19-9-10)11-4-2-3-5-12(11)14(15,16)17/h2-7,9,13,18H,8H2,1H3. The molecule has 1 aromatic heterocycles. The van der Waals surface area contributed by atoms with Crippen molar-refractivity contribution in [2.75, 3.05) is 7.05 Å². The van der Waals surface area contributed by atoms with Crippen LogP contribution >= 0.6 is 11.3 Å². The molecule has 0 aliphatic rings. The van der Waals surface area contributed by atoms with Crippen LogP contribution in [-0.4, -0.2) is 7.05 Å². The molecule has 19 heavy (non-hydrogen) atoms. The fraction of sp³-hybridized carbons (Fsp3) is 0.286. The molecule has 1 unspecified atom stereocenters. The minimum atomic E-state index is -4.32. The molecular weight excluding hydrogens is 271 g/mol. The fourth-order valence-corrected chi connectivity index (χ4v) is 2.75. The molecule has 1 nitrogen and oxygen atoms in total. The van der Waals surface area contributed by atoms with Crippen molar-refractivity contribution in [1.82, 2.24) is 5.32 Å². The second-order valence-corrected chi connectivity index (χ2v) is 5.04. The number of halogens is 3. The maximum absolute atomic E-state index is 13.0. The van der Waals surface area contributed by atoms with Crippen molar-refractivity contribution >= 4 is 11.3 Å². The predicted octanol–water partition coefficient (Wildman–Crippen LogP) is 4.27. The van der Waals surface area contributed by atoms with E-state index >= 15 is 0 Å². The predicted molar refractivity (Wildman–Crippen MR) is 71.3 cm³/mol. The van der Waals surface area contributed by atoms with Crippen molar-refractivity contribution in [1.29, 1.82) is 0 Å². The number of nitrogens with one attached hydrogen (secondary N) is 1. The van der Waals surface area contributed by atoms with Gasteiger partial charge in [-0.15, -0.1) is 0 Å². The van der Waals surface area contributed by atoms with Crippen LogP contribution in [0.2, 0.25) is 0 Å². The van der Waals surface area contributed by atoms with Gasteiger partial charge in [0, 0.05) is 6.04 Å². The van der Waals surface area contributed by atoms with Crippen LogP contribution in [0.25, 0.3) is 0 Å². The SMILES string of the molecule is CNC(Cc1ccsc1)c1ccccc1C(F)(F)F. The van der Waals surface area contributed by atoms with Crippen molar-refractivity contribution in [2.45, 2.75) is 18.6 Å². The van der Waals surface area contributed by atoms with Crippen LogP contribution in [0.5, 0.6) is 0 Å². The van der Waals surface area contributed by atoms with Gasteiger partial charge in [0.2, 0.25) is 0 Å². The molecule has 1 N–H and O–H groups in total. The lowest BCUT2D eigenvalue weighted by atomic mass is 9.95. The average Bonchev–Trinajstić information content (AvgIpc) is 2.88. The first-order valence-corrected chi connectivity index (χ1v) is 6.81. The zero-order chi connectivity index (χ0) is 13.9. The fourth-order valence-electron chi connectivity index (χ4n) is 2.07. The highest BCUT2D eigenvalue weighted by atomic mass is 32.1. The van der Waals surface area contributed by atoms with E-state index in [2.05, 4.69) is 5.32 Å². The number of rotatable bonds is 4. The van der Waals surface area contributed by atoms with Crippen LogP contribution in [0.15, 0.2) is 41.1 Å². The van der Waals surface area contributed by atoms with Gasteiger partial charge in [-0.1, -0.05) is 18.2 Å². The minimum absolute atomic E-state index is 0.295. The lowest BCUT2D eigenvalue weighted by Gasteiger charge is -2.21. The van der Waals surface area contributed by atoms with Gasteiger partial charge in [-0.2, -0.15) is 24.5 Å². The number of hydrogen-bond donors (Lipinski definition) is 1. The Labute approximate surface area is 114 Å². The zero-order valence-electron chi connectivity index (χ0n) is 10.4. The van der Waals surface area contributed by atoms with Gasteiger partial charge in [0.25, 0.3) is 0 Å². The van der Waals surface area contributed by atoms with Gasteiger partial charge in [-0.25, -0.2) is 0 Å². The molecule has 2 rings (SSSR count). The second kappa shape index (κ2) is 5.75. The highest BCUT2D eigenvalue weighted by molar-refractivity contribution is 7.07. The molecule has 0 saturated carbocycles. The molecule has 0 radical (unpaired) electrons. The molecule has 0 saturated heterocycles. The van der Waals surface area contributed by atoms with Crippen molar-refractivity contribution < 1.29 is 13.2 Å². The lowest BCUT2D eigenvalue weighted by Crippen LogP contribution is -2.22. The summed E-state index contributed by atoms with van der Waals surface area (Å²) < 4.78 is 39.0. The highest BCUT2D eigenvalue weighted by Gasteiger charge is 2.34. The van der Waals surface area contributed by atoms with E-state index < -0.39 is 11.7 Å². The number of benzene rings is 1. The summed E-state index contributed by atoms with van der Waals surface area (Å²) in [6.45, 7) is 0. The van der Waals surface area contributed by atoms with E-state index in [1.165, 1.54) is 12.1 Å². The van der Waals surface area contributed by atoms with E-state index in [0.717, 1.165) is 11.6 Å². The largest absolute Gasteiger partial charge is 0.416 e. The zero-order valence-corrected chi connectivity index (χ0v) is 11.2. The summed E-state index contributed by atoms with van der Waals surface area (Å²) in [4.78, 5) is 0. The van der Waals surface area contributed by atoms with E-state index in [1.54, 1.807) is 24.5 Å². The molecule has 0 bridgehead atoms. The van der Waals surface area contributed by atoms with E-state index in [1.807, 2.05) is 16.8 Å². The van der Waals surface area contributed by atoms with Crippen LogP contribution in [-0.2, 0) is 12.6 Å². The Morgan fingerprint density at radius 1 is 1.21 bits per heavy atom. The highest BCUT2D eigenvalue weighted by Crippen LogP contribution is 2.35. The Bertz CT molecular complexity index is 520. The number of likely N-dealkylation sites (N-methyl/N-ethyl adjacent to an activating group) is 1. The number of thiophene rings is 1. The first kappa shape index (κ1) is 14.1. The molecule has 0 amide bonds. The number of hydrogen-bond acceptors (Lipinski definition) is 2. The molecule has 2 aromatic rings. The van der Waals surface area contributed by atoms with Crippen LogP contribution in [0.3, 0.4) is 0 Å². The van der Waals surface area contributed by atoms with Gasteiger partial charge in [0.15, 0.2) is 0 Å². The Morgan fingerprint density at radius 3 is 2.53 bits per heavy atom. The summed E-state index contributed by atoms with van der Waals surface area (Å²) in [6, 6.07) is 7.33. The Hall–Kier alpha value is -1.33. The third-order valence-corrected chi connectivity index (χ3v) is 3.74. The lowest BCUT2D eigenvalue weighted by molar-refractivity contribution is -0.138. The summed E-state index contributed by atoms with van der Waals surface area (Å²) in [5.41, 5.74) is 0.773. The molecular formula is C14H14F3NS. The van der Waals surface area contributed by atoms with Crippen molar-refractivity contribution in [3.05, 3.63) is 57.8 Å². The summed E-state index contributed by atoms with van der Waals surface area (Å²) in [5, 5.41) is 6.86. The third kappa shape index (κ3) is 3.36. The first-order valence-electron chi connectivity index (χ1n) is 5.87. The topological polar surface area (TPSA) is 12.0 Å². The molecule has 0 fully saturated rings. The monoisotopic (exact) mass is 285 g/mol. The molecule has 1 heterocycles. The minimum Gasteiger partial charge on any atom is -0.313 e. The van der Waals surface area contributed by atoms with Crippen molar-refractivity contribution in [3.8, 4) is 0 Å². The van der Waals surface area contributed by atoms with Gasteiger partial charge in [0.05, 0.1) is 5.56 Å². The summed E-state index contributed by atoms with van der Waals surface area (Å²) in [5.74, 6) is 0. The number of alkyl halides is 3. The summed E-state index contributed by atoms with van der Waals surface area (Å²) in [7, 11) is 1.68. The van der Waals surface area contributed by atoms with Gasteiger partial charge in [0.1, 0.15) is 0 Å². The molecule has 0 spiro atoms. The Morgan fingerprint density at radius 2 is 1.95 bits per heavy atom. The molecule has 5 heteroatoms. The summed E-state index contributed by atoms with van der Waals surface area (Å²) >= 11 is 1.55. The van der Waals surface area contributed by atoms with Crippen molar-refractivity contribution in [2.24, 2.45) is 0 Å². The maximum atomic E-state index is 13.0. The van der Waals surface area contributed by atoms with E-state index in [9.17, 15) is 13.2 Å². The van der Waals surface area contributed by atoms with Gasteiger partial charge >= 0.3 is 6.18 Å². The van der Waals surface area contributed by atoms with E-state index in [-0.39, 0.29) is 6.04 Å². The van der Waals surface area contributed by atoms with E-state index in [0.29, 0.717) is 12.0 Å². The smallest absolute Gasteiger partial charge is 0.313 e. The molecule has 1 aromatic carbocycles. The normalized spacial score (nSPS) is 13.5. The first-order chi connectivity index (χ1) is 9.02. The average molecular weight is 285 g/mol. The Kier molecular flexibility index (Phi) is 4.27. The van der Waals surface area contributed by atoms with Crippen molar-refractivity contribution in [3.63, 3.8) is 0 Å². The van der Waals surface area contributed by atoms with E-state index in [4.69, 9.17) is 0 Å². The molecule has 102 valence electrons. The molecule has 0 aliphatic carbocycles. The van der Waals surface area contributed by atoms with Gasteiger partial charge in [-0.05, 0) is 47.5 Å².